The van der Waals surface area contributed by atoms with Crippen LogP contribution < -0.4 is 15.2 Å². The second kappa shape index (κ2) is 7.47. The van der Waals surface area contributed by atoms with Gasteiger partial charge in [-0.15, -0.1) is 0 Å². The third-order valence-electron chi connectivity index (χ3n) is 5.27. The van der Waals surface area contributed by atoms with E-state index in [4.69, 9.17) is 20.2 Å². The summed E-state index contributed by atoms with van der Waals surface area (Å²) >= 11 is 0. The quantitative estimate of drug-likeness (QED) is 0.626. The van der Waals surface area contributed by atoms with E-state index in [1.165, 1.54) is 19.3 Å². The number of unbranched alkanes of at least 4 members (excludes halogenated alkanes) is 1. The summed E-state index contributed by atoms with van der Waals surface area (Å²) < 4.78 is 13.5. The summed E-state index contributed by atoms with van der Waals surface area (Å²) in [5, 5.41) is 0. The number of anilines is 1. The molecule has 1 saturated carbocycles. The average molecular weight is 366 g/mol. The molecule has 3 aromatic rings. The average Bonchev–Trinajstić information content (AvgIpc) is 3.01. The Kier molecular flexibility index (Phi) is 4.88. The van der Waals surface area contributed by atoms with E-state index in [1.54, 1.807) is 13.3 Å². The minimum Gasteiger partial charge on any atom is -0.493 e. The van der Waals surface area contributed by atoms with Crippen LogP contribution in [-0.4, -0.2) is 28.1 Å². The van der Waals surface area contributed by atoms with Gasteiger partial charge >= 0.3 is 0 Å². The normalized spacial score (nSPS) is 14.3. The highest BCUT2D eigenvalue weighted by Gasteiger charge is 2.27. The van der Waals surface area contributed by atoms with Crippen LogP contribution in [0.3, 0.4) is 0 Å². The first-order valence-corrected chi connectivity index (χ1v) is 9.66. The van der Waals surface area contributed by atoms with Gasteiger partial charge in [0.1, 0.15) is 22.9 Å². The van der Waals surface area contributed by atoms with Gasteiger partial charge in [-0.1, -0.05) is 19.8 Å². The van der Waals surface area contributed by atoms with Crippen LogP contribution in [0, 0.1) is 0 Å². The topological polar surface area (TPSA) is 74.7 Å². The molecule has 0 atom stereocenters. The highest BCUT2D eigenvalue weighted by atomic mass is 16.5. The first-order valence-electron chi connectivity index (χ1n) is 9.66. The number of hydrogen-bond acceptors (Lipinski definition) is 5. The molecule has 6 nitrogen and oxygen atoms in total. The number of imidazole rings is 1. The van der Waals surface area contributed by atoms with Crippen molar-refractivity contribution in [3.05, 3.63) is 36.4 Å². The maximum Gasteiger partial charge on any atom is 0.161 e. The van der Waals surface area contributed by atoms with Crippen molar-refractivity contribution in [1.82, 2.24) is 14.4 Å². The lowest BCUT2D eigenvalue weighted by Crippen LogP contribution is -2.12. The molecule has 0 unspecified atom stereocenters. The molecule has 0 radical (unpaired) electrons. The zero-order valence-electron chi connectivity index (χ0n) is 15.9. The predicted octanol–water partition coefficient (Wildman–Crippen LogP) is 4.43. The molecule has 1 fully saturated rings. The first kappa shape index (κ1) is 17.6. The highest BCUT2D eigenvalue weighted by Crippen LogP contribution is 2.40. The van der Waals surface area contributed by atoms with E-state index in [-0.39, 0.29) is 0 Å². The Labute approximate surface area is 159 Å². The van der Waals surface area contributed by atoms with Crippen LogP contribution in [0.1, 0.15) is 50.8 Å². The van der Waals surface area contributed by atoms with Crippen molar-refractivity contribution in [2.75, 3.05) is 19.5 Å². The number of ether oxygens (including phenoxy) is 2. The van der Waals surface area contributed by atoms with Gasteiger partial charge in [-0.2, -0.15) is 0 Å². The fourth-order valence-corrected chi connectivity index (χ4v) is 3.51. The molecule has 1 aliphatic rings. The molecule has 0 saturated heterocycles. The van der Waals surface area contributed by atoms with Crippen LogP contribution in [0.2, 0.25) is 0 Å². The molecule has 142 valence electrons. The summed E-state index contributed by atoms with van der Waals surface area (Å²) in [5.74, 6) is 3.52. The minimum absolute atomic E-state index is 0.492. The van der Waals surface area contributed by atoms with E-state index in [0.717, 1.165) is 46.9 Å². The van der Waals surface area contributed by atoms with Crippen LogP contribution in [-0.2, 0) is 0 Å². The molecule has 4 rings (SSSR count). The van der Waals surface area contributed by atoms with Crippen molar-refractivity contribution in [2.24, 2.45) is 0 Å². The second-order valence-electron chi connectivity index (χ2n) is 7.05. The van der Waals surface area contributed by atoms with Crippen molar-refractivity contribution in [3.8, 4) is 22.8 Å². The van der Waals surface area contributed by atoms with E-state index in [9.17, 15) is 0 Å². The summed E-state index contributed by atoms with van der Waals surface area (Å²) in [4.78, 5) is 9.27. The van der Waals surface area contributed by atoms with E-state index in [1.807, 2.05) is 24.4 Å². The van der Waals surface area contributed by atoms with E-state index in [2.05, 4.69) is 16.3 Å². The fourth-order valence-electron chi connectivity index (χ4n) is 3.51. The second-order valence-corrected chi connectivity index (χ2v) is 7.05. The molecular formula is C21H26N4O2. The van der Waals surface area contributed by atoms with Gasteiger partial charge in [0.05, 0.1) is 13.7 Å². The number of rotatable bonds is 7. The molecule has 0 bridgehead atoms. The maximum atomic E-state index is 6.23. The van der Waals surface area contributed by atoms with Gasteiger partial charge in [-0.25, -0.2) is 9.97 Å². The molecule has 1 aromatic carbocycles. The first-order chi connectivity index (χ1) is 13.2. The maximum absolute atomic E-state index is 6.23. The van der Waals surface area contributed by atoms with Crippen molar-refractivity contribution in [2.45, 2.75) is 44.9 Å². The van der Waals surface area contributed by atoms with Crippen LogP contribution in [0.25, 0.3) is 16.8 Å². The number of methoxy groups -OCH3 is 1. The van der Waals surface area contributed by atoms with Crippen molar-refractivity contribution in [3.63, 3.8) is 0 Å². The lowest BCUT2D eigenvalue weighted by Gasteiger charge is -2.23. The van der Waals surface area contributed by atoms with Crippen LogP contribution in [0.5, 0.6) is 11.5 Å². The van der Waals surface area contributed by atoms with Crippen LogP contribution >= 0.6 is 0 Å². The number of nitrogens with zero attached hydrogens (tertiary/aromatic N) is 3. The fraction of sp³-hybridized carbons (Fsp3) is 0.429. The third kappa shape index (κ3) is 3.20. The number of aromatic nitrogens is 3. The summed E-state index contributed by atoms with van der Waals surface area (Å²) in [6.45, 7) is 2.81. The molecular weight excluding hydrogens is 340 g/mol. The Bertz CT molecular complexity index is 947. The molecule has 2 aromatic heterocycles. The van der Waals surface area contributed by atoms with Crippen LogP contribution in [0.4, 0.5) is 5.82 Å². The van der Waals surface area contributed by atoms with Gasteiger partial charge in [0, 0.05) is 23.9 Å². The van der Waals surface area contributed by atoms with E-state index in [0.29, 0.717) is 18.3 Å². The predicted molar refractivity (Wildman–Crippen MR) is 106 cm³/mol. The third-order valence-corrected chi connectivity index (χ3v) is 5.27. The Balaban J connectivity index is 1.81. The zero-order chi connectivity index (χ0) is 18.8. The molecule has 27 heavy (non-hydrogen) atoms. The van der Waals surface area contributed by atoms with Gasteiger partial charge < -0.3 is 15.2 Å². The van der Waals surface area contributed by atoms with E-state index >= 15 is 0 Å². The Morgan fingerprint density at radius 1 is 1.26 bits per heavy atom. The van der Waals surface area contributed by atoms with Gasteiger partial charge in [-0.3, -0.25) is 4.40 Å². The number of hydrogen-bond donors (Lipinski definition) is 1. The Morgan fingerprint density at radius 3 is 2.81 bits per heavy atom. The molecule has 1 aliphatic carbocycles. The summed E-state index contributed by atoms with van der Waals surface area (Å²) in [6.07, 6.45) is 9.39. The lowest BCUT2D eigenvalue weighted by molar-refractivity contribution is 0.288. The number of nitrogen functional groups attached to an aromatic ring is 1. The van der Waals surface area contributed by atoms with E-state index < -0.39 is 0 Å². The molecule has 6 heteroatoms. The van der Waals surface area contributed by atoms with Crippen molar-refractivity contribution >= 4 is 11.3 Å². The van der Waals surface area contributed by atoms with Gasteiger partial charge in [-0.05, 0) is 37.5 Å². The van der Waals surface area contributed by atoms with Gasteiger partial charge in [0.25, 0.3) is 0 Å². The molecule has 0 amide bonds. The monoisotopic (exact) mass is 366 g/mol. The molecule has 2 heterocycles. The summed E-state index contributed by atoms with van der Waals surface area (Å²) in [7, 11) is 1.66. The minimum atomic E-state index is 0.492. The van der Waals surface area contributed by atoms with Gasteiger partial charge in [0.15, 0.2) is 11.5 Å². The summed E-state index contributed by atoms with van der Waals surface area (Å²) in [5.41, 5.74) is 8.91. The standard InChI is InChI=1S/C21H26N4O2/c1-3-4-12-27-17-13-15(8-9-16(17)26-2)18-19-20(22)23-10-11-25(19)21(24-18)14-6-5-7-14/h8-11,13-14H,3-7,12H2,1-2H3,(H2,22,23). The number of nitrogens with two attached hydrogens (primary N) is 1. The van der Waals surface area contributed by atoms with Crippen LogP contribution in [0.15, 0.2) is 30.6 Å². The largest absolute Gasteiger partial charge is 0.493 e. The highest BCUT2D eigenvalue weighted by molar-refractivity contribution is 5.86. The van der Waals surface area contributed by atoms with Crippen molar-refractivity contribution < 1.29 is 9.47 Å². The zero-order valence-corrected chi connectivity index (χ0v) is 15.9. The molecule has 0 aliphatic heterocycles. The lowest BCUT2D eigenvalue weighted by atomic mass is 9.85. The SMILES string of the molecule is CCCCOc1cc(-c2nc(C3CCC3)n3ccnc(N)c23)ccc1OC. The number of benzene rings is 1. The van der Waals surface area contributed by atoms with Crippen molar-refractivity contribution in [1.29, 1.82) is 0 Å². The number of fused-ring (bicyclic) bond motifs is 1. The molecule has 2 N–H and O–H groups in total. The van der Waals surface area contributed by atoms with Gasteiger partial charge in [0.2, 0.25) is 0 Å². The molecule has 0 spiro atoms. The smallest absolute Gasteiger partial charge is 0.161 e. The summed E-state index contributed by atoms with van der Waals surface area (Å²) in [6, 6.07) is 5.93. The Morgan fingerprint density at radius 2 is 2.11 bits per heavy atom. The Hall–Kier alpha value is -2.76.